The Morgan fingerprint density at radius 1 is 0.800 bits per heavy atom. The summed E-state index contributed by atoms with van der Waals surface area (Å²) in [6.07, 6.45) is 3.49. The van der Waals surface area contributed by atoms with Gasteiger partial charge in [-0.25, -0.2) is 0 Å². The molecule has 0 saturated heterocycles. The summed E-state index contributed by atoms with van der Waals surface area (Å²) in [6, 6.07) is 22.7. The average Bonchev–Trinajstić information content (AvgIpc) is 2.86. The minimum atomic E-state index is -0.364. The second-order valence-corrected chi connectivity index (χ2v) is 9.24. The maximum atomic E-state index is 13.2. The van der Waals surface area contributed by atoms with Gasteiger partial charge in [-0.05, 0) is 49.2 Å². The molecule has 0 heterocycles. The van der Waals surface area contributed by atoms with Crippen LogP contribution in [-0.2, 0) is 4.79 Å². The van der Waals surface area contributed by atoms with Crippen LogP contribution >= 0.6 is 11.8 Å². The number of amides is 1. The van der Waals surface area contributed by atoms with Crippen molar-refractivity contribution in [3.63, 3.8) is 0 Å². The molecule has 1 N–H and O–H groups in total. The Hall–Kier alpha value is -3.25. The molecule has 0 aliphatic rings. The summed E-state index contributed by atoms with van der Waals surface area (Å²) in [5, 5.41) is 2.78. The number of nitrogens with one attached hydrogen (secondary N) is 1. The maximum Gasteiger partial charge on any atom is 0.232 e. The molecule has 35 heavy (non-hydrogen) atoms. The van der Waals surface area contributed by atoms with E-state index < -0.39 is 0 Å². The molecular formula is C29H33NO4S. The first-order valence-electron chi connectivity index (χ1n) is 12.1. The van der Waals surface area contributed by atoms with Crippen molar-refractivity contribution in [1.82, 2.24) is 0 Å². The fourth-order valence-electron chi connectivity index (χ4n) is 3.31. The zero-order chi connectivity index (χ0) is 24.9. The Morgan fingerprint density at radius 2 is 1.40 bits per heavy atom. The van der Waals surface area contributed by atoms with Crippen LogP contribution in [0.5, 0.6) is 11.5 Å². The molecule has 184 valence electrons. The molecule has 3 aromatic rings. The number of ketones is 1. The van der Waals surface area contributed by atoms with Gasteiger partial charge in [0.05, 0.1) is 30.1 Å². The third-order valence-corrected chi connectivity index (χ3v) is 6.25. The van der Waals surface area contributed by atoms with E-state index in [4.69, 9.17) is 9.47 Å². The molecule has 3 aromatic carbocycles. The van der Waals surface area contributed by atoms with Crippen LogP contribution in [0.4, 0.5) is 5.69 Å². The monoisotopic (exact) mass is 491 g/mol. The smallest absolute Gasteiger partial charge is 0.232 e. The van der Waals surface area contributed by atoms with E-state index in [2.05, 4.69) is 19.2 Å². The lowest BCUT2D eigenvalue weighted by Crippen LogP contribution is -2.17. The molecule has 0 fully saturated rings. The van der Waals surface area contributed by atoms with E-state index in [-0.39, 0.29) is 18.1 Å². The van der Waals surface area contributed by atoms with Crippen molar-refractivity contribution in [3.8, 4) is 11.5 Å². The van der Waals surface area contributed by atoms with Crippen molar-refractivity contribution in [3.05, 3.63) is 78.4 Å². The Balaban J connectivity index is 1.89. The van der Waals surface area contributed by atoms with Crippen LogP contribution in [0, 0.1) is 0 Å². The Kier molecular flexibility index (Phi) is 10.7. The van der Waals surface area contributed by atoms with Crippen LogP contribution in [0.15, 0.2) is 82.6 Å². The molecule has 0 aromatic heterocycles. The molecule has 0 saturated carbocycles. The van der Waals surface area contributed by atoms with Crippen LogP contribution in [0.1, 0.15) is 56.3 Å². The van der Waals surface area contributed by atoms with E-state index >= 15 is 0 Å². The van der Waals surface area contributed by atoms with Gasteiger partial charge in [0.2, 0.25) is 5.91 Å². The van der Waals surface area contributed by atoms with Crippen LogP contribution in [-0.4, -0.2) is 24.9 Å². The van der Waals surface area contributed by atoms with E-state index in [0.29, 0.717) is 36.0 Å². The first-order chi connectivity index (χ1) is 17.1. The summed E-state index contributed by atoms with van der Waals surface area (Å²) in [5.74, 6) is 0.442. The molecule has 3 rings (SSSR count). The van der Waals surface area contributed by atoms with Gasteiger partial charge in [-0.15, -0.1) is 0 Å². The van der Waals surface area contributed by atoms with E-state index in [1.54, 1.807) is 30.0 Å². The van der Waals surface area contributed by atoms with Gasteiger partial charge in [-0.1, -0.05) is 74.8 Å². The summed E-state index contributed by atoms with van der Waals surface area (Å²) in [7, 11) is 0. The lowest BCUT2D eigenvalue weighted by molar-refractivity contribution is -0.115. The predicted octanol–water partition coefficient (Wildman–Crippen LogP) is 7.41. The third-order valence-electron chi connectivity index (χ3n) is 5.21. The van der Waals surface area contributed by atoms with Crippen molar-refractivity contribution < 1.29 is 19.1 Å². The Bertz CT molecular complexity index is 1090. The average molecular weight is 492 g/mol. The largest absolute Gasteiger partial charge is 0.493 e. The molecule has 0 aliphatic carbocycles. The lowest BCUT2D eigenvalue weighted by Gasteiger charge is -2.17. The highest BCUT2D eigenvalue weighted by Gasteiger charge is 2.21. The third kappa shape index (κ3) is 8.48. The van der Waals surface area contributed by atoms with Crippen LogP contribution in [0.2, 0.25) is 0 Å². The van der Waals surface area contributed by atoms with Crippen molar-refractivity contribution >= 4 is 29.1 Å². The first kappa shape index (κ1) is 26.4. The molecular weight excluding hydrogens is 458 g/mol. The maximum absolute atomic E-state index is 13.2. The van der Waals surface area contributed by atoms with Gasteiger partial charge in [0.15, 0.2) is 5.78 Å². The summed E-state index contributed by atoms with van der Waals surface area (Å²) in [6.45, 7) is 5.24. The fraction of sp³-hybridized carbons (Fsp3) is 0.310. The Labute approximate surface area is 212 Å². The molecule has 0 radical (unpaired) electrons. The molecule has 0 bridgehead atoms. The summed E-state index contributed by atoms with van der Waals surface area (Å²) in [4.78, 5) is 27.8. The molecule has 0 atom stereocenters. The SMILES string of the molecule is CCCCOc1cc(C(=O)CC(=O)Nc2ccccc2)c(OCCCC)cc1Sc1ccccc1. The number of hydrogen-bond acceptors (Lipinski definition) is 5. The fourth-order valence-corrected chi connectivity index (χ4v) is 4.24. The molecule has 6 heteroatoms. The summed E-state index contributed by atoms with van der Waals surface area (Å²) < 4.78 is 12.1. The van der Waals surface area contributed by atoms with E-state index in [1.807, 2.05) is 54.6 Å². The van der Waals surface area contributed by atoms with Crippen LogP contribution in [0.3, 0.4) is 0 Å². The number of benzene rings is 3. The van der Waals surface area contributed by atoms with E-state index in [1.165, 1.54) is 0 Å². The van der Waals surface area contributed by atoms with Gasteiger partial charge in [0.25, 0.3) is 0 Å². The quantitative estimate of drug-likeness (QED) is 0.144. The molecule has 1 amide bonds. The molecule has 0 unspecified atom stereocenters. The second kappa shape index (κ2) is 14.2. The minimum Gasteiger partial charge on any atom is -0.493 e. The van der Waals surface area contributed by atoms with Gasteiger partial charge in [0, 0.05) is 10.6 Å². The normalized spacial score (nSPS) is 10.6. The van der Waals surface area contributed by atoms with Gasteiger partial charge in [0.1, 0.15) is 11.5 Å². The number of ether oxygens (including phenoxy) is 2. The Morgan fingerprint density at radius 3 is 2.03 bits per heavy atom. The number of rotatable bonds is 14. The topological polar surface area (TPSA) is 64.6 Å². The van der Waals surface area contributed by atoms with Crippen molar-refractivity contribution in [1.29, 1.82) is 0 Å². The van der Waals surface area contributed by atoms with E-state index in [0.717, 1.165) is 35.5 Å². The highest BCUT2D eigenvalue weighted by Crippen LogP contribution is 2.40. The summed E-state index contributed by atoms with van der Waals surface area (Å²) in [5.41, 5.74) is 1.02. The number of para-hydroxylation sites is 1. The highest BCUT2D eigenvalue weighted by molar-refractivity contribution is 7.99. The first-order valence-corrected chi connectivity index (χ1v) is 13.0. The number of unbranched alkanes of at least 4 members (excludes halogenated alkanes) is 2. The lowest BCUT2D eigenvalue weighted by atomic mass is 10.1. The predicted molar refractivity (Wildman–Crippen MR) is 142 cm³/mol. The zero-order valence-electron chi connectivity index (χ0n) is 20.4. The van der Waals surface area contributed by atoms with Gasteiger partial charge < -0.3 is 14.8 Å². The van der Waals surface area contributed by atoms with Gasteiger partial charge in [-0.3, -0.25) is 9.59 Å². The molecule has 5 nitrogen and oxygen atoms in total. The van der Waals surface area contributed by atoms with Crippen LogP contribution in [0.25, 0.3) is 0 Å². The number of Topliss-reactive ketones (excluding diaryl/α,β-unsaturated/α-hetero) is 1. The second-order valence-electron chi connectivity index (χ2n) is 8.13. The number of anilines is 1. The standard InChI is InChI=1S/C29H33NO4S/c1-3-5-17-33-26-21-28(35-23-15-11-8-12-16-23)27(34-18-6-4-2)19-24(26)25(31)20-29(32)30-22-13-9-7-10-14-22/h7-16,19,21H,3-6,17-18,20H2,1-2H3,(H,30,32). The van der Waals surface area contributed by atoms with Gasteiger partial charge >= 0.3 is 0 Å². The zero-order valence-corrected chi connectivity index (χ0v) is 21.2. The highest BCUT2D eigenvalue weighted by atomic mass is 32.2. The van der Waals surface area contributed by atoms with Gasteiger partial charge in [-0.2, -0.15) is 0 Å². The van der Waals surface area contributed by atoms with E-state index in [9.17, 15) is 9.59 Å². The number of carbonyl (C=O) groups is 2. The minimum absolute atomic E-state index is 0.279. The number of hydrogen-bond donors (Lipinski definition) is 1. The molecule has 0 aliphatic heterocycles. The van der Waals surface area contributed by atoms with Crippen molar-refractivity contribution in [2.75, 3.05) is 18.5 Å². The van der Waals surface area contributed by atoms with Crippen LogP contribution < -0.4 is 14.8 Å². The summed E-state index contributed by atoms with van der Waals surface area (Å²) >= 11 is 1.57. The number of carbonyl (C=O) groups excluding carboxylic acids is 2. The van der Waals surface area contributed by atoms with Crippen molar-refractivity contribution in [2.45, 2.75) is 55.7 Å². The molecule has 0 spiro atoms. The van der Waals surface area contributed by atoms with Crippen molar-refractivity contribution in [2.24, 2.45) is 0 Å².